The molecule has 0 saturated heterocycles. The van der Waals surface area contributed by atoms with Gasteiger partial charge >= 0.3 is 0 Å². The maximum atomic E-state index is 4.14. The fraction of sp³-hybridized carbons (Fsp3) is 0.500. The predicted octanol–water partition coefficient (Wildman–Crippen LogP) is 1.77. The maximum absolute atomic E-state index is 4.14. The van der Waals surface area contributed by atoms with E-state index in [0.717, 1.165) is 5.82 Å². The molecule has 0 spiro atoms. The van der Waals surface area contributed by atoms with Gasteiger partial charge in [0.25, 0.3) is 0 Å². The van der Waals surface area contributed by atoms with Crippen LogP contribution in [-0.2, 0) is 22.5 Å². The SMILES string of the molecule is CC(C)(C)c1ncccn1.[Cu]. The van der Waals surface area contributed by atoms with Crippen molar-refractivity contribution < 1.29 is 17.1 Å². The van der Waals surface area contributed by atoms with Crippen LogP contribution in [0.2, 0.25) is 0 Å². The first-order valence-electron chi connectivity index (χ1n) is 3.38. The van der Waals surface area contributed by atoms with Crippen molar-refractivity contribution >= 4 is 0 Å². The van der Waals surface area contributed by atoms with Gasteiger partial charge in [0.15, 0.2) is 0 Å². The van der Waals surface area contributed by atoms with Crippen LogP contribution in [0.1, 0.15) is 26.6 Å². The zero-order valence-corrected chi connectivity index (χ0v) is 7.87. The van der Waals surface area contributed by atoms with Gasteiger partial charge in [-0.2, -0.15) is 0 Å². The van der Waals surface area contributed by atoms with Crippen molar-refractivity contribution in [3.05, 3.63) is 24.3 Å². The predicted molar refractivity (Wildman–Crippen MR) is 40.7 cm³/mol. The monoisotopic (exact) mass is 199 g/mol. The zero-order chi connectivity index (χ0) is 7.61. The molecule has 0 amide bonds. The average molecular weight is 200 g/mol. The minimum atomic E-state index is 0. The van der Waals surface area contributed by atoms with Crippen molar-refractivity contribution in [2.45, 2.75) is 26.2 Å². The van der Waals surface area contributed by atoms with E-state index in [1.54, 1.807) is 12.4 Å². The molecule has 3 heteroatoms. The first-order chi connectivity index (χ1) is 4.61. The number of hydrogen-bond donors (Lipinski definition) is 0. The van der Waals surface area contributed by atoms with Crippen LogP contribution in [0.15, 0.2) is 18.5 Å². The van der Waals surface area contributed by atoms with Gasteiger partial charge in [-0.25, -0.2) is 9.97 Å². The molecule has 0 saturated carbocycles. The van der Waals surface area contributed by atoms with Crippen LogP contribution >= 0.6 is 0 Å². The third-order valence-corrected chi connectivity index (χ3v) is 1.24. The summed E-state index contributed by atoms with van der Waals surface area (Å²) in [6.07, 6.45) is 3.54. The Balaban J connectivity index is 0.000001000. The van der Waals surface area contributed by atoms with Gasteiger partial charge in [0, 0.05) is 34.9 Å². The Morgan fingerprint density at radius 3 is 1.82 bits per heavy atom. The smallest absolute Gasteiger partial charge is 0.133 e. The molecule has 1 aromatic rings. The zero-order valence-electron chi connectivity index (χ0n) is 6.93. The first-order valence-corrected chi connectivity index (χ1v) is 3.38. The average Bonchev–Trinajstić information content (AvgIpc) is 1.88. The van der Waals surface area contributed by atoms with E-state index in [9.17, 15) is 0 Å². The molecule has 1 rings (SSSR count). The van der Waals surface area contributed by atoms with Gasteiger partial charge in [0.05, 0.1) is 0 Å². The van der Waals surface area contributed by atoms with Gasteiger partial charge in [0.1, 0.15) is 5.82 Å². The quantitative estimate of drug-likeness (QED) is 0.596. The van der Waals surface area contributed by atoms with Crippen molar-refractivity contribution in [1.82, 2.24) is 9.97 Å². The van der Waals surface area contributed by atoms with Gasteiger partial charge in [0.2, 0.25) is 0 Å². The summed E-state index contributed by atoms with van der Waals surface area (Å²) >= 11 is 0. The molecule has 0 unspecified atom stereocenters. The first kappa shape index (κ1) is 10.6. The van der Waals surface area contributed by atoms with E-state index < -0.39 is 0 Å². The molecular weight excluding hydrogens is 188 g/mol. The maximum Gasteiger partial charge on any atom is 0.133 e. The fourth-order valence-corrected chi connectivity index (χ4v) is 0.686. The molecule has 2 nitrogen and oxygen atoms in total. The minimum absolute atomic E-state index is 0. The summed E-state index contributed by atoms with van der Waals surface area (Å²) in [7, 11) is 0. The summed E-state index contributed by atoms with van der Waals surface area (Å²) in [6.45, 7) is 6.30. The van der Waals surface area contributed by atoms with Crippen LogP contribution in [0.5, 0.6) is 0 Å². The molecule has 0 atom stereocenters. The largest absolute Gasteiger partial charge is 0.241 e. The normalized spacial score (nSPS) is 10.5. The van der Waals surface area contributed by atoms with Crippen molar-refractivity contribution in [1.29, 1.82) is 0 Å². The molecular formula is C8H12CuN2. The molecule has 0 N–H and O–H groups in total. The standard InChI is InChI=1S/C8H12N2.Cu/c1-8(2,3)7-9-5-4-6-10-7;/h4-6H,1-3H3;. The fourth-order valence-electron chi connectivity index (χ4n) is 0.686. The van der Waals surface area contributed by atoms with Crippen molar-refractivity contribution in [2.75, 3.05) is 0 Å². The molecule has 0 aliphatic carbocycles. The van der Waals surface area contributed by atoms with Crippen LogP contribution in [0, 0.1) is 0 Å². The van der Waals surface area contributed by atoms with E-state index in [1.807, 2.05) is 6.07 Å². The Kier molecular flexibility index (Phi) is 3.70. The van der Waals surface area contributed by atoms with Gasteiger partial charge in [-0.15, -0.1) is 0 Å². The van der Waals surface area contributed by atoms with E-state index in [-0.39, 0.29) is 22.5 Å². The number of nitrogens with zero attached hydrogens (tertiary/aromatic N) is 2. The Morgan fingerprint density at radius 2 is 1.55 bits per heavy atom. The second-order valence-corrected chi connectivity index (χ2v) is 3.32. The van der Waals surface area contributed by atoms with E-state index in [1.165, 1.54) is 0 Å². The Bertz CT molecular complexity index is 203. The molecule has 0 aliphatic rings. The summed E-state index contributed by atoms with van der Waals surface area (Å²) in [5.74, 6) is 0.898. The molecule has 0 bridgehead atoms. The Morgan fingerprint density at radius 1 is 1.09 bits per heavy atom. The van der Waals surface area contributed by atoms with Gasteiger partial charge in [-0.05, 0) is 6.07 Å². The molecule has 1 heterocycles. The second-order valence-electron chi connectivity index (χ2n) is 3.32. The summed E-state index contributed by atoms with van der Waals surface area (Å²) in [4.78, 5) is 8.28. The Hall–Kier alpha value is -0.401. The second kappa shape index (κ2) is 3.84. The third-order valence-electron chi connectivity index (χ3n) is 1.24. The summed E-state index contributed by atoms with van der Waals surface area (Å²) in [6, 6.07) is 1.83. The van der Waals surface area contributed by atoms with Crippen molar-refractivity contribution in [3.63, 3.8) is 0 Å². The van der Waals surface area contributed by atoms with Gasteiger partial charge in [-0.3, -0.25) is 0 Å². The summed E-state index contributed by atoms with van der Waals surface area (Å²) in [5, 5.41) is 0. The van der Waals surface area contributed by atoms with Crippen molar-refractivity contribution in [3.8, 4) is 0 Å². The van der Waals surface area contributed by atoms with E-state index in [2.05, 4.69) is 30.7 Å². The van der Waals surface area contributed by atoms with Crippen LogP contribution in [0.3, 0.4) is 0 Å². The van der Waals surface area contributed by atoms with Crippen molar-refractivity contribution in [2.24, 2.45) is 0 Å². The molecule has 1 aromatic heterocycles. The molecule has 0 aliphatic heterocycles. The minimum Gasteiger partial charge on any atom is -0.241 e. The molecule has 65 valence electrons. The molecule has 0 aromatic carbocycles. The third kappa shape index (κ3) is 3.00. The molecule has 11 heavy (non-hydrogen) atoms. The number of aromatic nitrogens is 2. The van der Waals surface area contributed by atoms with Gasteiger partial charge < -0.3 is 0 Å². The van der Waals surface area contributed by atoms with Gasteiger partial charge in [-0.1, -0.05) is 20.8 Å². The van der Waals surface area contributed by atoms with Crippen LogP contribution < -0.4 is 0 Å². The van der Waals surface area contributed by atoms with Crippen LogP contribution in [0.4, 0.5) is 0 Å². The summed E-state index contributed by atoms with van der Waals surface area (Å²) in [5.41, 5.74) is 0.0707. The number of hydrogen-bond acceptors (Lipinski definition) is 2. The van der Waals surface area contributed by atoms with Crippen LogP contribution in [0.25, 0.3) is 0 Å². The molecule has 0 fully saturated rings. The Labute approximate surface area is 77.9 Å². The topological polar surface area (TPSA) is 25.8 Å². The number of rotatable bonds is 0. The molecule has 1 radical (unpaired) electrons. The van der Waals surface area contributed by atoms with E-state index in [4.69, 9.17) is 0 Å². The van der Waals surface area contributed by atoms with E-state index >= 15 is 0 Å². The van der Waals surface area contributed by atoms with Crippen LogP contribution in [-0.4, -0.2) is 9.97 Å². The summed E-state index contributed by atoms with van der Waals surface area (Å²) < 4.78 is 0. The van der Waals surface area contributed by atoms with E-state index in [0.29, 0.717) is 0 Å².